The number of hydrogen-bond acceptors (Lipinski definition) is 6. The molecule has 1 saturated heterocycles. The van der Waals surface area contributed by atoms with Crippen LogP contribution in [0.2, 0.25) is 0 Å². The van der Waals surface area contributed by atoms with Crippen LogP contribution in [-0.4, -0.2) is 33.2 Å². The average molecular weight is 376 g/mol. The van der Waals surface area contributed by atoms with Crippen LogP contribution in [-0.2, 0) is 9.59 Å². The number of nitrogens with one attached hydrogen (secondary N) is 2. The first-order chi connectivity index (χ1) is 12.5. The number of nitro benzene ring substituents is 1. The third kappa shape index (κ3) is 4.81. The summed E-state index contributed by atoms with van der Waals surface area (Å²) in [5, 5.41) is 16.2. The summed E-state index contributed by atoms with van der Waals surface area (Å²) >= 11 is 1.28. The van der Waals surface area contributed by atoms with Crippen molar-refractivity contribution in [3.63, 3.8) is 0 Å². The normalized spacial score (nSPS) is 22.2. The van der Waals surface area contributed by atoms with Gasteiger partial charge in [-0.1, -0.05) is 37.1 Å². The van der Waals surface area contributed by atoms with Crippen LogP contribution < -0.4 is 10.6 Å². The second-order valence-electron chi connectivity index (χ2n) is 6.38. The zero-order chi connectivity index (χ0) is 18.5. The molecule has 8 nitrogen and oxygen atoms in total. The minimum Gasteiger partial charge on any atom is -0.326 e. The lowest BCUT2D eigenvalue weighted by Gasteiger charge is -2.17. The molecule has 1 aliphatic carbocycles. The summed E-state index contributed by atoms with van der Waals surface area (Å²) in [6, 6.07) is 5.96. The van der Waals surface area contributed by atoms with Crippen LogP contribution in [0.25, 0.3) is 0 Å². The van der Waals surface area contributed by atoms with Gasteiger partial charge in [0.15, 0.2) is 5.17 Å². The van der Waals surface area contributed by atoms with Crippen LogP contribution in [0.4, 0.5) is 11.4 Å². The smallest absolute Gasteiger partial charge is 0.271 e. The highest BCUT2D eigenvalue weighted by Gasteiger charge is 2.32. The van der Waals surface area contributed by atoms with Gasteiger partial charge in [0.2, 0.25) is 11.8 Å². The van der Waals surface area contributed by atoms with Gasteiger partial charge in [-0.15, -0.1) is 0 Å². The fourth-order valence-electron chi connectivity index (χ4n) is 3.05. The second-order valence-corrected chi connectivity index (χ2v) is 7.57. The van der Waals surface area contributed by atoms with Crippen molar-refractivity contribution in [2.45, 2.75) is 49.8 Å². The first-order valence-electron chi connectivity index (χ1n) is 8.61. The molecular weight excluding hydrogens is 356 g/mol. The minimum atomic E-state index is -0.531. The molecule has 1 aromatic rings. The van der Waals surface area contributed by atoms with Crippen molar-refractivity contribution in [3.05, 3.63) is 34.4 Å². The topological polar surface area (TPSA) is 114 Å². The molecule has 1 heterocycles. The molecule has 1 unspecified atom stereocenters. The highest BCUT2D eigenvalue weighted by atomic mass is 32.2. The number of amides is 2. The first kappa shape index (κ1) is 18.4. The van der Waals surface area contributed by atoms with Gasteiger partial charge in [-0.2, -0.15) is 0 Å². The van der Waals surface area contributed by atoms with Gasteiger partial charge in [-0.05, 0) is 18.9 Å². The molecule has 2 N–H and O–H groups in total. The Morgan fingerprint density at radius 3 is 2.85 bits per heavy atom. The number of benzene rings is 1. The number of hydrogen-bond donors (Lipinski definition) is 2. The predicted octanol–water partition coefficient (Wildman–Crippen LogP) is 2.84. The van der Waals surface area contributed by atoms with Crippen LogP contribution >= 0.6 is 11.8 Å². The van der Waals surface area contributed by atoms with E-state index in [1.54, 1.807) is 6.07 Å². The third-order valence-corrected chi connectivity index (χ3v) is 5.46. The van der Waals surface area contributed by atoms with Gasteiger partial charge >= 0.3 is 0 Å². The van der Waals surface area contributed by atoms with Crippen molar-refractivity contribution in [1.29, 1.82) is 0 Å². The molecule has 0 radical (unpaired) electrons. The van der Waals surface area contributed by atoms with Gasteiger partial charge < -0.3 is 10.6 Å². The largest absolute Gasteiger partial charge is 0.326 e. The van der Waals surface area contributed by atoms with E-state index < -0.39 is 10.2 Å². The second kappa shape index (κ2) is 8.31. The number of carbonyl (C=O) groups is 2. The van der Waals surface area contributed by atoms with E-state index >= 15 is 0 Å². The molecule has 138 valence electrons. The lowest BCUT2D eigenvalue weighted by molar-refractivity contribution is -0.384. The van der Waals surface area contributed by atoms with E-state index in [1.165, 1.54) is 36.4 Å². The van der Waals surface area contributed by atoms with Crippen molar-refractivity contribution in [2.75, 3.05) is 5.32 Å². The van der Waals surface area contributed by atoms with Gasteiger partial charge in [-0.25, -0.2) is 0 Å². The zero-order valence-electron chi connectivity index (χ0n) is 14.1. The number of rotatable bonds is 5. The van der Waals surface area contributed by atoms with E-state index in [9.17, 15) is 19.7 Å². The van der Waals surface area contributed by atoms with Crippen molar-refractivity contribution in [3.8, 4) is 0 Å². The average Bonchev–Trinajstić information content (AvgIpc) is 2.95. The van der Waals surface area contributed by atoms with Crippen LogP contribution in [0, 0.1) is 10.1 Å². The van der Waals surface area contributed by atoms with E-state index in [0.717, 1.165) is 25.7 Å². The highest BCUT2D eigenvalue weighted by Crippen LogP contribution is 2.27. The van der Waals surface area contributed by atoms with E-state index in [-0.39, 0.29) is 30.0 Å². The van der Waals surface area contributed by atoms with E-state index in [0.29, 0.717) is 10.9 Å². The fraction of sp³-hybridized carbons (Fsp3) is 0.471. The number of nitro groups is 1. The van der Waals surface area contributed by atoms with Crippen LogP contribution in [0.15, 0.2) is 29.3 Å². The summed E-state index contributed by atoms with van der Waals surface area (Å²) in [6.45, 7) is 0. The summed E-state index contributed by atoms with van der Waals surface area (Å²) in [4.78, 5) is 39.1. The first-order valence-corrected chi connectivity index (χ1v) is 9.49. The number of anilines is 1. The molecule has 0 aromatic heterocycles. The van der Waals surface area contributed by atoms with Crippen LogP contribution in [0.3, 0.4) is 0 Å². The zero-order valence-corrected chi connectivity index (χ0v) is 15.0. The maximum absolute atomic E-state index is 12.2. The standard InChI is InChI=1S/C17H20N4O4S/c22-15(18-12-7-4-8-13(9-12)21(24)25)10-14-16(23)20-17(26-14)19-11-5-2-1-3-6-11/h4,7-9,11,14H,1-3,5-6,10H2,(H,18,22)(H,19,20,23). The molecule has 1 aliphatic heterocycles. The number of carbonyl (C=O) groups excluding carboxylic acids is 2. The Hall–Kier alpha value is -2.42. The Morgan fingerprint density at radius 2 is 2.12 bits per heavy atom. The molecule has 3 rings (SSSR count). The number of amidine groups is 1. The molecular formula is C17H20N4O4S. The minimum absolute atomic E-state index is 0.0110. The summed E-state index contributed by atoms with van der Waals surface area (Å²) < 4.78 is 0. The monoisotopic (exact) mass is 376 g/mol. The molecule has 0 bridgehead atoms. The van der Waals surface area contributed by atoms with Gasteiger partial charge in [0, 0.05) is 24.2 Å². The summed E-state index contributed by atoms with van der Waals surface area (Å²) in [6.07, 6.45) is 5.63. The van der Waals surface area contributed by atoms with Crippen molar-refractivity contribution >= 4 is 40.1 Å². The Bertz CT molecular complexity index is 746. The molecule has 2 aliphatic rings. The van der Waals surface area contributed by atoms with E-state index in [2.05, 4.69) is 15.6 Å². The lowest BCUT2D eigenvalue weighted by Crippen LogP contribution is -2.28. The van der Waals surface area contributed by atoms with Crippen molar-refractivity contribution in [2.24, 2.45) is 4.99 Å². The Labute approximate surface area is 155 Å². The molecule has 2 fully saturated rings. The Balaban J connectivity index is 1.55. The van der Waals surface area contributed by atoms with E-state index in [4.69, 9.17) is 0 Å². The summed E-state index contributed by atoms with van der Waals surface area (Å²) in [7, 11) is 0. The number of thioether (sulfide) groups is 1. The summed E-state index contributed by atoms with van der Waals surface area (Å²) in [5.74, 6) is -0.587. The van der Waals surface area contributed by atoms with Crippen LogP contribution in [0.5, 0.6) is 0 Å². The van der Waals surface area contributed by atoms with Crippen molar-refractivity contribution in [1.82, 2.24) is 5.32 Å². The number of nitrogens with zero attached hydrogens (tertiary/aromatic N) is 2. The van der Waals surface area contributed by atoms with Crippen LogP contribution in [0.1, 0.15) is 38.5 Å². The lowest BCUT2D eigenvalue weighted by atomic mass is 9.96. The van der Waals surface area contributed by atoms with E-state index in [1.807, 2.05) is 0 Å². The summed E-state index contributed by atoms with van der Waals surface area (Å²) in [5.41, 5.74) is 0.237. The molecule has 0 spiro atoms. The number of non-ortho nitro benzene ring substituents is 1. The Kier molecular flexibility index (Phi) is 5.87. The van der Waals surface area contributed by atoms with Gasteiger partial charge in [0.05, 0.1) is 11.0 Å². The van der Waals surface area contributed by atoms with Gasteiger partial charge in [0.1, 0.15) is 5.25 Å². The molecule has 1 aromatic carbocycles. The molecule has 2 amide bonds. The molecule has 1 atom stereocenters. The molecule has 1 saturated carbocycles. The van der Waals surface area contributed by atoms with Crippen molar-refractivity contribution < 1.29 is 14.5 Å². The maximum Gasteiger partial charge on any atom is 0.271 e. The number of aliphatic imine (C=N–C) groups is 1. The maximum atomic E-state index is 12.2. The quantitative estimate of drug-likeness (QED) is 0.606. The molecule has 26 heavy (non-hydrogen) atoms. The predicted molar refractivity (Wildman–Crippen MR) is 100 cm³/mol. The highest BCUT2D eigenvalue weighted by molar-refractivity contribution is 8.15. The third-order valence-electron chi connectivity index (χ3n) is 4.36. The Morgan fingerprint density at radius 1 is 1.35 bits per heavy atom. The van der Waals surface area contributed by atoms with Gasteiger partial charge in [-0.3, -0.25) is 24.7 Å². The SMILES string of the molecule is O=C(CC1SC(=NC2CCCCC2)NC1=O)Nc1cccc([N+](=O)[O-])c1. The van der Waals surface area contributed by atoms with Gasteiger partial charge in [0.25, 0.3) is 5.69 Å². The fourth-order valence-corrected chi connectivity index (χ4v) is 4.09. The molecule has 9 heteroatoms.